The van der Waals surface area contributed by atoms with Crippen LogP contribution < -0.4 is 5.32 Å². The predicted octanol–water partition coefficient (Wildman–Crippen LogP) is 2.24. The molecule has 0 aliphatic rings. The summed E-state index contributed by atoms with van der Waals surface area (Å²) in [6, 6.07) is 5.35. The number of sulfonamides is 1. The van der Waals surface area contributed by atoms with Crippen LogP contribution in [0.2, 0.25) is 10.0 Å². The number of anilines is 1. The van der Waals surface area contributed by atoms with Crippen molar-refractivity contribution in [2.75, 3.05) is 18.9 Å². The van der Waals surface area contributed by atoms with Gasteiger partial charge in [0, 0.05) is 13.1 Å². The first-order valence-corrected chi connectivity index (χ1v) is 8.12. The Morgan fingerprint density at radius 1 is 1.32 bits per heavy atom. The number of nitrogens with one attached hydrogen (secondary N) is 1. The zero-order valence-corrected chi connectivity index (χ0v) is 13.6. The molecular formula is C12H11Cl2N3O4S. The van der Waals surface area contributed by atoms with Crippen LogP contribution in [0.25, 0.3) is 0 Å². The van der Waals surface area contributed by atoms with Crippen molar-refractivity contribution in [1.82, 2.24) is 9.46 Å². The molecule has 118 valence electrons. The van der Waals surface area contributed by atoms with E-state index in [4.69, 9.17) is 23.2 Å². The fraction of sp³-hybridized carbons (Fsp3) is 0.167. The van der Waals surface area contributed by atoms with Crippen LogP contribution in [0.15, 0.2) is 39.9 Å². The van der Waals surface area contributed by atoms with Crippen LogP contribution in [-0.4, -0.2) is 37.4 Å². The summed E-state index contributed by atoms with van der Waals surface area (Å²) in [5.74, 6) is -0.356. The Morgan fingerprint density at radius 3 is 2.64 bits per heavy atom. The number of carbonyl (C=O) groups excluding carboxylic acids is 1. The Kier molecular flexibility index (Phi) is 5.07. The normalized spacial score (nSPS) is 11.6. The monoisotopic (exact) mass is 363 g/mol. The third-order valence-electron chi connectivity index (χ3n) is 2.67. The molecule has 0 unspecified atom stereocenters. The van der Waals surface area contributed by atoms with Gasteiger partial charge in [-0.2, -0.15) is 4.31 Å². The molecule has 0 aliphatic heterocycles. The van der Waals surface area contributed by atoms with Gasteiger partial charge in [0.25, 0.3) is 0 Å². The Hall–Kier alpha value is -1.61. The summed E-state index contributed by atoms with van der Waals surface area (Å²) < 4.78 is 30.1. The topological polar surface area (TPSA) is 92.5 Å². The second kappa shape index (κ2) is 6.66. The van der Waals surface area contributed by atoms with Crippen molar-refractivity contribution in [3.05, 3.63) is 40.6 Å². The number of nitrogens with zero attached hydrogens (tertiary/aromatic N) is 2. The Morgan fingerprint density at radius 2 is 2.05 bits per heavy atom. The van der Waals surface area contributed by atoms with Crippen LogP contribution in [0.5, 0.6) is 0 Å². The number of benzene rings is 1. The number of carbonyl (C=O) groups is 1. The van der Waals surface area contributed by atoms with Gasteiger partial charge in [-0.3, -0.25) is 4.79 Å². The van der Waals surface area contributed by atoms with E-state index in [-0.39, 0.29) is 20.8 Å². The Bertz CT molecular complexity index is 778. The lowest BCUT2D eigenvalue weighted by atomic mass is 10.4. The second-order valence-electron chi connectivity index (χ2n) is 4.27. The van der Waals surface area contributed by atoms with Gasteiger partial charge in [-0.05, 0) is 18.2 Å². The lowest BCUT2D eigenvalue weighted by Gasteiger charge is -2.16. The van der Waals surface area contributed by atoms with Crippen molar-refractivity contribution in [2.24, 2.45) is 0 Å². The van der Waals surface area contributed by atoms with Gasteiger partial charge in [-0.15, -0.1) is 0 Å². The summed E-state index contributed by atoms with van der Waals surface area (Å²) in [6.45, 7) is -0.393. The number of likely N-dealkylation sites (N-methyl/N-ethyl adjacent to an activating group) is 1. The first-order chi connectivity index (χ1) is 10.3. The van der Waals surface area contributed by atoms with Gasteiger partial charge in [0.15, 0.2) is 5.82 Å². The number of halogens is 2. The van der Waals surface area contributed by atoms with Crippen molar-refractivity contribution < 1.29 is 17.7 Å². The molecule has 1 heterocycles. The molecule has 0 aliphatic carbocycles. The minimum atomic E-state index is -3.87. The lowest BCUT2D eigenvalue weighted by molar-refractivity contribution is -0.116. The summed E-state index contributed by atoms with van der Waals surface area (Å²) in [7, 11) is -2.59. The minimum absolute atomic E-state index is 0.0568. The molecule has 0 fully saturated rings. The third-order valence-corrected chi connectivity index (χ3v) is 5.21. The summed E-state index contributed by atoms with van der Waals surface area (Å²) in [4.78, 5) is 11.7. The van der Waals surface area contributed by atoms with E-state index in [1.165, 1.54) is 37.6 Å². The molecular weight excluding hydrogens is 353 g/mol. The SMILES string of the molecule is CN(CC(=O)Nc1ccon1)S(=O)(=O)c1ccc(Cl)c(Cl)c1. The Labute approximate surface area is 136 Å². The molecule has 1 aromatic heterocycles. The van der Waals surface area contributed by atoms with E-state index in [2.05, 4.69) is 15.0 Å². The largest absolute Gasteiger partial charge is 0.363 e. The fourth-order valence-electron chi connectivity index (χ4n) is 1.56. The summed E-state index contributed by atoms with van der Waals surface area (Å²) in [5, 5.41) is 6.25. The van der Waals surface area contributed by atoms with E-state index in [0.29, 0.717) is 0 Å². The van der Waals surface area contributed by atoms with Crippen molar-refractivity contribution >= 4 is 45.0 Å². The fourth-order valence-corrected chi connectivity index (χ4v) is 3.08. The Balaban J connectivity index is 2.11. The molecule has 10 heteroatoms. The van der Waals surface area contributed by atoms with Gasteiger partial charge < -0.3 is 9.84 Å². The van der Waals surface area contributed by atoms with E-state index in [1.54, 1.807) is 0 Å². The van der Waals surface area contributed by atoms with Gasteiger partial charge in [-0.25, -0.2) is 8.42 Å². The lowest BCUT2D eigenvalue weighted by Crippen LogP contribution is -2.35. The van der Waals surface area contributed by atoms with Gasteiger partial charge in [-0.1, -0.05) is 28.4 Å². The number of rotatable bonds is 5. The second-order valence-corrected chi connectivity index (χ2v) is 7.13. The van der Waals surface area contributed by atoms with E-state index in [0.717, 1.165) is 4.31 Å². The van der Waals surface area contributed by atoms with Crippen molar-refractivity contribution in [2.45, 2.75) is 4.90 Å². The number of hydrogen-bond donors (Lipinski definition) is 1. The van der Waals surface area contributed by atoms with Crippen molar-refractivity contribution in [1.29, 1.82) is 0 Å². The summed E-state index contributed by atoms with van der Waals surface area (Å²) >= 11 is 11.6. The van der Waals surface area contributed by atoms with Crippen LogP contribution in [0, 0.1) is 0 Å². The molecule has 22 heavy (non-hydrogen) atoms. The van der Waals surface area contributed by atoms with Crippen molar-refractivity contribution in [3.8, 4) is 0 Å². The highest BCUT2D eigenvalue weighted by atomic mass is 35.5. The molecule has 1 aromatic carbocycles. The zero-order valence-electron chi connectivity index (χ0n) is 11.3. The summed E-state index contributed by atoms with van der Waals surface area (Å²) in [6.07, 6.45) is 1.28. The number of hydrogen-bond acceptors (Lipinski definition) is 5. The molecule has 0 saturated carbocycles. The molecule has 0 saturated heterocycles. The maximum Gasteiger partial charge on any atom is 0.243 e. The molecule has 1 N–H and O–H groups in total. The van der Waals surface area contributed by atoms with Crippen LogP contribution in [0.4, 0.5) is 5.82 Å². The van der Waals surface area contributed by atoms with E-state index < -0.39 is 22.5 Å². The number of amides is 1. The molecule has 0 radical (unpaired) electrons. The predicted molar refractivity (Wildman–Crippen MR) is 81.4 cm³/mol. The smallest absolute Gasteiger partial charge is 0.243 e. The average molecular weight is 364 g/mol. The van der Waals surface area contributed by atoms with Gasteiger partial charge >= 0.3 is 0 Å². The molecule has 1 amide bonds. The van der Waals surface area contributed by atoms with Crippen LogP contribution in [0.1, 0.15) is 0 Å². The maximum absolute atomic E-state index is 12.3. The highest BCUT2D eigenvalue weighted by molar-refractivity contribution is 7.89. The maximum atomic E-state index is 12.3. The quantitative estimate of drug-likeness (QED) is 0.879. The molecule has 7 nitrogen and oxygen atoms in total. The van der Waals surface area contributed by atoms with Gasteiger partial charge in [0.05, 0.1) is 21.5 Å². The molecule has 0 spiro atoms. The average Bonchev–Trinajstić information content (AvgIpc) is 2.94. The summed E-state index contributed by atoms with van der Waals surface area (Å²) in [5.41, 5.74) is 0. The molecule has 2 aromatic rings. The van der Waals surface area contributed by atoms with Crippen LogP contribution in [0.3, 0.4) is 0 Å². The van der Waals surface area contributed by atoms with E-state index in [9.17, 15) is 13.2 Å². The van der Waals surface area contributed by atoms with E-state index in [1.807, 2.05) is 0 Å². The van der Waals surface area contributed by atoms with Crippen molar-refractivity contribution in [3.63, 3.8) is 0 Å². The van der Waals surface area contributed by atoms with Gasteiger partial charge in [0.1, 0.15) is 6.26 Å². The molecule has 0 bridgehead atoms. The first-order valence-electron chi connectivity index (χ1n) is 5.92. The van der Waals surface area contributed by atoms with E-state index >= 15 is 0 Å². The molecule has 0 atom stereocenters. The highest BCUT2D eigenvalue weighted by Crippen LogP contribution is 2.26. The highest BCUT2D eigenvalue weighted by Gasteiger charge is 2.24. The number of aromatic nitrogens is 1. The zero-order chi connectivity index (χ0) is 16.3. The first kappa shape index (κ1) is 16.8. The standard InChI is InChI=1S/C12H11Cl2N3O4S/c1-17(7-12(18)15-11-4-5-21-16-11)22(19,20)8-2-3-9(13)10(14)6-8/h2-6H,7H2,1H3,(H,15,16,18). The third kappa shape index (κ3) is 3.77. The van der Waals surface area contributed by atoms with Crippen LogP contribution in [-0.2, 0) is 14.8 Å². The molecule has 2 rings (SSSR count). The van der Waals surface area contributed by atoms with Gasteiger partial charge in [0.2, 0.25) is 15.9 Å². The van der Waals surface area contributed by atoms with Crippen LogP contribution >= 0.6 is 23.2 Å². The minimum Gasteiger partial charge on any atom is -0.363 e.